The first-order valence-corrected chi connectivity index (χ1v) is 16.7. The molecule has 1 amide bonds. The summed E-state index contributed by atoms with van der Waals surface area (Å²) in [6.45, 7) is 14.4. The van der Waals surface area contributed by atoms with Crippen molar-refractivity contribution in [2.45, 2.75) is 78.7 Å². The van der Waals surface area contributed by atoms with Crippen LogP contribution >= 0.6 is 0 Å². The first-order chi connectivity index (χ1) is 20.4. The Morgan fingerprint density at radius 2 is 1.66 bits per heavy atom. The van der Waals surface area contributed by atoms with E-state index in [1.807, 2.05) is 60.6 Å². The highest BCUT2D eigenvalue weighted by atomic mass is 32.2. The first kappa shape index (κ1) is 31.9. The van der Waals surface area contributed by atoms with Crippen LogP contribution in [0.3, 0.4) is 0 Å². The second-order valence-corrected chi connectivity index (χ2v) is 15.6. The van der Waals surface area contributed by atoms with Crippen LogP contribution in [0.15, 0.2) is 30.6 Å². The fraction of sp³-hybridized carbons (Fsp3) is 0.531. The third kappa shape index (κ3) is 6.77. The maximum absolute atomic E-state index is 13.4. The molecular weight excluding hydrogens is 584 g/mol. The van der Waals surface area contributed by atoms with E-state index in [4.69, 9.17) is 14.2 Å². The molecule has 238 valence electrons. The van der Waals surface area contributed by atoms with Gasteiger partial charge >= 0.3 is 12.2 Å². The highest BCUT2D eigenvalue weighted by molar-refractivity contribution is 7.88. The van der Waals surface area contributed by atoms with Gasteiger partial charge in [-0.1, -0.05) is 6.07 Å². The number of rotatable bonds is 3. The second-order valence-electron chi connectivity index (χ2n) is 13.6. The van der Waals surface area contributed by atoms with Crippen molar-refractivity contribution in [2.75, 3.05) is 32.6 Å². The average molecular weight is 627 g/mol. The van der Waals surface area contributed by atoms with Gasteiger partial charge in [-0.15, -0.1) is 0 Å². The lowest BCUT2D eigenvalue weighted by molar-refractivity contribution is -0.0334. The Hall–Kier alpha value is -3.48. The molecule has 1 atom stereocenters. The van der Waals surface area contributed by atoms with E-state index in [1.165, 1.54) is 15.1 Å². The molecular formula is C32H42N4O7S. The Morgan fingerprint density at radius 3 is 2.32 bits per heavy atom. The van der Waals surface area contributed by atoms with Crippen LogP contribution in [0.25, 0.3) is 22.2 Å². The minimum absolute atomic E-state index is 0.206. The molecule has 11 nitrogen and oxygen atoms in total. The summed E-state index contributed by atoms with van der Waals surface area (Å²) < 4.78 is 45.2. The molecule has 0 radical (unpaired) electrons. The van der Waals surface area contributed by atoms with E-state index < -0.39 is 39.5 Å². The second kappa shape index (κ2) is 11.5. The van der Waals surface area contributed by atoms with Crippen LogP contribution in [-0.2, 0) is 37.2 Å². The van der Waals surface area contributed by atoms with Crippen LogP contribution in [0, 0.1) is 6.92 Å². The van der Waals surface area contributed by atoms with Gasteiger partial charge in [0.05, 0.1) is 25.5 Å². The molecule has 1 unspecified atom stereocenters. The monoisotopic (exact) mass is 626 g/mol. The number of carbonyl (C=O) groups is 2. The number of benzene rings is 1. The number of nitrogens with zero attached hydrogens (tertiary/aromatic N) is 4. The van der Waals surface area contributed by atoms with E-state index in [0.29, 0.717) is 31.8 Å². The topological polar surface area (TPSA) is 120 Å². The van der Waals surface area contributed by atoms with Crippen LogP contribution in [0.4, 0.5) is 9.59 Å². The van der Waals surface area contributed by atoms with Gasteiger partial charge in [0.1, 0.15) is 16.8 Å². The summed E-state index contributed by atoms with van der Waals surface area (Å²) in [6, 6.07) is 5.60. The predicted molar refractivity (Wildman–Crippen MR) is 167 cm³/mol. The zero-order valence-corrected chi connectivity index (χ0v) is 27.6. The molecule has 5 rings (SSSR count). The fourth-order valence-electron chi connectivity index (χ4n) is 5.69. The van der Waals surface area contributed by atoms with Crippen LogP contribution in [0.1, 0.15) is 69.8 Å². The molecule has 3 aromatic rings. The van der Waals surface area contributed by atoms with Gasteiger partial charge in [-0.05, 0) is 94.8 Å². The Bertz CT molecular complexity index is 1720. The van der Waals surface area contributed by atoms with Crippen molar-refractivity contribution in [1.82, 2.24) is 18.8 Å². The Balaban J connectivity index is 1.61. The van der Waals surface area contributed by atoms with E-state index in [1.54, 1.807) is 17.3 Å². The molecule has 4 heterocycles. The Morgan fingerprint density at radius 1 is 0.977 bits per heavy atom. The molecule has 2 aliphatic rings. The summed E-state index contributed by atoms with van der Waals surface area (Å²) in [5.74, 6) is 0. The summed E-state index contributed by atoms with van der Waals surface area (Å²) in [4.78, 5) is 32.6. The standard InChI is InChI=1S/C32H42N4O7S/c1-20-17-36(30(38)43-32(5,6)7)28-24(20)15-23(16-33-28)22-13-21-9-10-34(44(8,39)40)18-26(21)25(14-22)27-19-41-12-11-35(27)29(37)42-31(2,3)4/h13-17,27H,9-12,18-19H2,1-8H3. The number of carbonyl (C=O) groups excluding carboxylic acids is 2. The van der Waals surface area contributed by atoms with Crippen LogP contribution in [0.5, 0.6) is 0 Å². The fourth-order valence-corrected chi connectivity index (χ4v) is 6.48. The zero-order valence-electron chi connectivity index (χ0n) is 26.8. The predicted octanol–water partition coefficient (Wildman–Crippen LogP) is 5.42. The van der Waals surface area contributed by atoms with E-state index in [-0.39, 0.29) is 13.2 Å². The Labute approximate surface area is 259 Å². The highest BCUT2D eigenvalue weighted by Crippen LogP contribution is 2.38. The number of hydrogen-bond donors (Lipinski definition) is 0. The van der Waals surface area contributed by atoms with Crippen molar-refractivity contribution in [3.63, 3.8) is 0 Å². The van der Waals surface area contributed by atoms with Gasteiger partial charge in [-0.3, -0.25) is 4.90 Å². The zero-order chi connectivity index (χ0) is 32.2. The van der Waals surface area contributed by atoms with Gasteiger partial charge in [-0.2, -0.15) is 4.31 Å². The summed E-state index contributed by atoms with van der Waals surface area (Å²) in [5, 5.41) is 0.812. The molecule has 2 aromatic heterocycles. The molecule has 44 heavy (non-hydrogen) atoms. The molecule has 0 aliphatic carbocycles. The molecule has 12 heteroatoms. The molecule has 0 saturated carbocycles. The number of pyridine rings is 1. The van der Waals surface area contributed by atoms with Crippen LogP contribution < -0.4 is 0 Å². The van der Waals surface area contributed by atoms with E-state index in [0.717, 1.165) is 38.8 Å². The maximum Gasteiger partial charge on any atom is 0.420 e. The number of fused-ring (bicyclic) bond motifs is 2. The number of aromatic nitrogens is 2. The van der Waals surface area contributed by atoms with Crippen molar-refractivity contribution in [2.24, 2.45) is 0 Å². The summed E-state index contributed by atoms with van der Waals surface area (Å²) >= 11 is 0. The molecule has 1 aromatic carbocycles. The highest BCUT2D eigenvalue weighted by Gasteiger charge is 2.36. The smallest absolute Gasteiger partial charge is 0.420 e. The average Bonchev–Trinajstić information content (AvgIpc) is 3.25. The number of amides is 1. The maximum atomic E-state index is 13.4. The molecule has 0 bridgehead atoms. The lowest BCUT2D eigenvalue weighted by Gasteiger charge is -2.39. The van der Waals surface area contributed by atoms with Crippen molar-refractivity contribution < 1.29 is 32.2 Å². The normalized spacial score (nSPS) is 18.3. The Kier molecular flexibility index (Phi) is 8.32. The number of ether oxygens (including phenoxy) is 3. The van der Waals surface area contributed by atoms with E-state index in [9.17, 15) is 18.0 Å². The lowest BCUT2D eigenvalue weighted by atomic mass is 9.87. The SMILES string of the molecule is Cc1cn(C(=O)OC(C)(C)C)c2ncc(-c3cc4c(c(C5COCCN5C(=O)OC(C)(C)C)c3)CN(S(C)(=O)=O)CC4)cc12. The summed E-state index contributed by atoms with van der Waals surface area (Å²) in [7, 11) is -3.43. The minimum atomic E-state index is -3.43. The van der Waals surface area contributed by atoms with Crippen molar-refractivity contribution in [3.05, 3.63) is 52.8 Å². The van der Waals surface area contributed by atoms with Gasteiger partial charge in [0.15, 0.2) is 0 Å². The van der Waals surface area contributed by atoms with Gasteiger partial charge in [-0.25, -0.2) is 27.6 Å². The third-order valence-electron chi connectivity index (χ3n) is 7.69. The molecule has 0 spiro atoms. The summed E-state index contributed by atoms with van der Waals surface area (Å²) in [5.41, 5.74) is 4.45. The van der Waals surface area contributed by atoms with Gasteiger partial charge in [0, 0.05) is 43.0 Å². The molecule has 1 fully saturated rings. The quantitative estimate of drug-likeness (QED) is 0.378. The minimum Gasteiger partial charge on any atom is -0.444 e. The number of hydrogen-bond acceptors (Lipinski definition) is 8. The van der Waals surface area contributed by atoms with Gasteiger partial charge in [0.2, 0.25) is 10.0 Å². The first-order valence-electron chi connectivity index (χ1n) is 14.8. The lowest BCUT2D eigenvalue weighted by Crippen LogP contribution is -2.46. The van der Waals surface area contributed by atoms with Crippen LogP contribution in [-0.4, -0.2) is 83.1 Å². The van der Waals surface area contributed by atoms with E-state index in [2.05, 4.69) is 11.1 Å². The third-order valence-corrected chi connectivity index (χ3v) is 8.94. The van der Waals surface area contributed by atoms with Gasteiger partial charge < -0.3 is 14.2 Å². The van der Waals surface area contributed by atoms with Crippen molar-refractivity contribution in [3.8, 4) is 11.1 Å². The number of aryl methyl sites for hydroxylation is 1. The number of morpholine rings is 1. The van der Waals surface area contributed by atoms with E-state index >= 15 is 0 Å². The molecule has 1 saturated heterocycles. The largest absolute Gasteiger partial charge is 0.444 e. The molecule has 2 aliphatic heterocycles. The van der Waals surface area contributed by atoms with Crippen molar-refractivity contribution >= 4 is 33.2 Å². The van der Waals surface area contributed by atoms with Crippen LogP contribution in [0.2, 0.25) is 0 Å². The van der Waals surface area contributed by atoms with Gasteiger partial charge in [0.25, 0.3) is 0 Å². The van der Waals surface area contributed by atoms with Crippen molar-refractivity contribution in [1.29, 1.82) is 0 Å². The summed E-state index contributed by atoms with van der Waals surface area (Å²) in [6.07, 6.45) is 4.25. The number of sulfonamides is 1. The molecule has 0 N–H and O–H groups in total.